The average Bonchev–Trinajstić information content (AvgIpc) is 2.27. The summed E-state index contributed by atoms with van der Waals surface area (Å²) in [6, 6.07) is 0. The molecule has 3 unspecified atom stereocenters. The molecule has 18 heavy (non-hydrogen) atoms. The first-order valence-corrected chi connectivity index (χ1v) is 5.65. The van der Waals surface area contributed by atoms with E-state index >= 15 is 0 Å². The Morgan fingerprint density at radius 2 is 1.67 bits per heavy atom. The van der Waals surface area contributed by atoms with Crippen LogP contribution in [0.3, 0.4) is 0 Å². The van der Waals surface area contributed by atoms with Crippen molar-refractivity contribution < 1.29 is 34.0 Å². The quantitative estimate of drug-likeness (QED) is 0.641. The molecule has 104 valence electrons. The van der Waals surface area contributed by atoms with Crippen LogP contribution in [0.5, 0.6) is 0 Å². The van der Waals surface area contributed by atoms with E-state index in [1.54, 1.807) is 6.92 Å². The molecule has 7 nitrogen and oxygen atoms in total. The molecular weight excluding hydrogens is 244 g/mol. The molecule has 0 aromatic heterocycles. The van der Waals surface area contributed by atoms with Crippen molar-refractivity contribution in [2.45, 2.75) is 45.4 Å². The van der Waals surface area contributed by atoms with Gasteiger partial charge in [0.15, 0.2) is 12.4 Å². The minimum atomic E-state index is -1.20. The lowest BCUT2D eigenvalue weighted by Gasteiger charge is -2.41. The van der Waals surface area contributed by atoms with Crippen LogP contribution in [0, 0.1) is 5.92 Å². The van der Waals surface area contributed by atoms with Crippen LogP contribution >= 0.6 is 0 Å². The maximum absolute atomic E-state index is 11.0. The molecule has 1 heterocycles. The molecule has 0 amide bonds. The van der Waals surface area contributed by atoms with E-state index in [-0.39, 0.29) is 0 Å². The number of rotatable bonds is 3. The van der Waals surface area contributed by atoms with E-state index in [9.17, 15) is 14.7 Å². The second-order valence-electron chi connectivity index (χ2n) is 4.25. The maximum atomic E-state index is 11.0. The van der Waals surface area contributed by atoms with Gasteiger partial charge in [-0.05, 0) is 0 Å². The summed E-state index contributed by atoms with van der Waals surface area (Å²) in [6.45, 7) is 3.56. The molecule has 1 aliphatic rings. The van der Waals surface area contributed by atoms with Crippen LogP contribution in [0.1, 0.15) is 20.8 Å². The standard InChI is InChI=1S/C11H18O7/c1-5-9(16-6(2)13)10(17-7(3)14)8(4-12)18-11(5)15/h5,8-12,15H,4H2,1-3H3/t5?,8?,9-,10-,11?/m0/s1. The summed E-state index contributed by atoms with van der Waals surface area (Å²) in [7, 11) is 0. The first kappa shape index (κ1) is 14.9. The van der Waals surface area contributed by atoms with Crippen molar-refractivity contribution in [2.24, 2.45) is 5.92 Å². The van der Waals surface area contributed by atoms with E-state index in [1.807, 2.05) is 0 Å². The third-order valence-electron chi connectivity index (χ3n) is 2.76. The lowest BCUT2D eigenvalue weighted by Crippen LogP contribution is -2.57. The van der Waals surface area contributed by atoms with Crippen molar-refractivity contribution in [3.05, 3.63) is 0 Å². The summed E-state index contributed by atoms with van der Waals surface area (Å²) in [5, 5.41) is 18.8. The van der Waals surface area contributed by atoms with Crippen molar-refractivity contribution in [3.8, 4) is 0 Å². The molecule has 2 N–H and O–H groups in total. The highest BCUT2D eigenvalue weighted by Gasteiger charge is 2.47. The normalized spacial score (nSPS) is 35.9. The van der Waals surface area contributed by atoms with Crippen LogP contribution in [-0.2, 0) is 23.8 Å². The topological polar surface area (TPSA) is 102 Å². The van der Waals surface area contributed by atoms with E-state index < -0.39 is 49.1 Å². The Morgan fingerprint density at radius 3 is 2.11 bits per heavy atom. The van der Waals surface area contributed by atoms with Gasteiger partial charge in [0, 0.05) is 19.8 Å². The van der Waals surface area contributed by atoms with Gasteiger partial charge in [-0.25, -0.2) is 0 Å². The van der Waals surface area contributed by atoms with Gasteiger partial charge < -0.3 is 24.4 Å². The van der Waals surface area contributed by atoms with E-state index in [0.29, 0.717) is 0 Å². The van der Waals surface area contributed by atoms with Crippen molar-refractivity contribution in [1.29, 1.82) is 0 Å². The molecule has 1 aliphatic heterocycles. The summed E-state index contributed by atoms with van der Waals surface area (Å²) in [4.78, 5) is 22.1. The Kier molecular flexibility index (Phi) is 5.06. The fourth-order valence-electron chi connectivity index (χ4n) is 1.90. The predicted octanol–water partition coefficient (Wildman–Crippen LogP) is -0.805. The van der Waals surface area contributed by atoms with Gasteiger partial charge in [-0.3, -0.25) is 9.59 Å². The number of carbonyl (C=O) groups is 2. The zero-order valence-electron chi connectivity index (χ0n) is 10.5. The zero-order valence-corrected chi connectivity index (χ0v) is 10.5. The van der Waals surface area contributed by atoms with Crippen LogP contribution in [0.4, 0.5) is 0 Å². The molecule has 5 atom stereocenters. The van der Waals surface area contributed by atoms with Gasteiger partial charge in [-0.1, -0.05) is 6.92 Å². The van der Waals surface area contributed by atoms with Crippen molar-refractivity contribution in [3.63, 3.8) is 0 Å². The zero-order chi connectivity index (χ0) is 13.9. The third-order valence-corrected chi connectivity index (χ3v) is 2.76. The van der Waals surface area contributed by atoms with Gasteiger partial charge in [0.2, 0.25) is 0 Å². The summed E-state index contributed by atoms with van der Waals surface area (Å²) < 4.78 is 15.2. The molecule has 0 aromatic rings. The Bertz CT molecular complexity index is 301. The summed E-state index contributed by atoms with van der Waals surface area (Å²) >= 11 is 0. The Labute approximate surface area is 105 Å². The number of hydrogen-bond acceptors (Lipinski definition) is 7. The first-order chi connectivity index (χ1) is 8.36. The Hall–Kier alpha value is -1.18. The highest BCUT2D eigenvalue weighted by molar-refractivity contribution is 5.67. The number of ether oxygens (including phenoxy) is 3. The van der Waals surface area contributed by atoms with Crippen molar-refractivity contribution in [2.75, 3.05) is 6.61 Å². The van der Waals surface area contributed by atoms with Gasteiger partial charge in [0.25, 0.3) is 0 Å². The van der Waals surface area contributed by atoms with E-state index in [0.717, 1.165) is 0 Å². The van der Waals surface area contributed by atoms with E-state index in [1.165, 1.54) is 13.8 Å². The molecule has 1 saturated heterocycles. The van der Waals surface area contributed by atoms with E-state index in [2.05, 4.69) is 0 Å². The number of hydrogen-bond donors (Lipinski definition) is 2. The molecular formula is C11H18O7. The molecule has 0 bridgehead atoms. The molecule has 0 saturated carbocycles. The van der Waals surface area contributed by atoms with Gasteiger partial charge in [0.1, 0.15) is 12.2 Å². The lowest BCUT2D eigenvalue weighted by molar-refractivity contribution is -0.274. The smallest absolute Gasteiger partial charge is 0.303 e. The Morgan fingerprint density at radius 1 is 1.17 bits per heavy atom. The van der Waals surface area contributed by atoms with Crippen LogP contribution < -0.4 is 0 Å². The monoisotopic (exact) mass is 262 g/mol. The fraction of sp³-hybridized carbons (Fsp3) is 0.818. The van der Waals surface area contributed by atoms with Crippen molar-refractivity contribution >= 4 is 11.9 Å². The molecule has 0 radical (unpaired) electrons. The SMILES string of the molecule is CC(=O)O[C@H]1C(CO)OC(O)C(C)[C@@H]1OC(C)=O. The van der Waals surface area contributed by atoms with Crippen LogP contribution in [0.25, 0.3) is 0 Å². The molecule has 0 aliphatic carbocycles. The lowest BCUT2D eigenvalue weighted by atomic mass is 9.92. The minimum Gasteiger partial charge on any atom is -0.458 e. The van der Waals surface area contributed by atoms with Crippen LogP contribution in [0.2, 0.25) is 0 Å². The minimum absolute atomic E-state index is 0.459. The number of carbonyl (C=O) groups excluding carboxylic acids is 2. The van der Waals surface area contributed by atoms with Crippen LogP contribution in [0.15, 0.2) is 0 Å². The molecule has 7 heteroatoms. The fourth-order valence-corrected chi connectivity index (χ4v) is 1.90. The third kappa shape index (κ3) is 3.41. The predicted molar refractivity (Wildman–Crippen MR) is 58.2 cm³/mol. The number of aliphatic hydroxyl groups is 2. The summed E-state index contributed by atoms with van der Waals surface area (Å²) in [5.74, 6) is -1.71. The molecule has 0 aromatic carbocycles. The van der Waals surface area contributed by atoms with E-state index in [4.69, 9.17) is 19.3 Å². The van der Waals surface area contributed by atoms with Gasteiger partial charge in [0.05, 0.1) is 6.61 Å². The second kappa shape index (κ2) is 6.12. The average molecular weight is 262 g/mol. The van der Waals surface area contributed by atoms with Gasteiger partial charge in [-0.15, -0.1) is 0 Å². The molecule has 1 fully saturated rings. The maximum Gasteiger partial charge on any atom is 0.303 e. The summed E-state index contributed by atoms with van der Waals surface area (Å²) in [5.41, 5.74) is 0. The number of aliphatic hydroxyl groups excluding tert-OH is 2. The molecule has 0 spiro atoms. The highest BCUT2D eigenvalue weighted by Crippen LogP contribution is 2.29. The Balaban J connectivity index is 2.92. The largest absolute Gasteiger partial charge is 0.458 e. The van der Waals surface area contributed by atoms with Gasteiger partial charge >= 0.3 is 11.9 Å². The second-order valence-corrected chi connectivity index (χ2v) is 4.25. The van der Waals surface area contributed by atoms with Gasteiger partial charge in [-0.2, -0.15) is 0 Å². The highest BCUT2D eigenvalue weighted by atomic mass is 16.7. The first-order valence-electron chi connectivity index (χ1n) is 5.65. The number of esters is 2. The molecule has 1 rings (SSSR count). The van der Waals surface area contributed by atoms with Crippen LogP contribution in [-0.4, -0.2) is 53.4 Å². The summed E-state index contributed by atoms with van der Waals surface area (Å²) in [6.07, 6.45) is -3.91. The van der Waals surface area contributed by atoms with Crippen molar-refractivity contribution in [1.82, 2.24) is 0 Å².